The zero-order valence-electron chi connectivity index (χ0n) is 14.4. The molecule has 0 radical (unpaired) electrons. The van der Waals surface area contributed by atoms with Gasteiger partial charge in [0.05, 0.1) is 23.9 Å². The van der Waals surface area contributed by atoms with E-state index in [0.717, 1.165) is 17.4 Å². The van der Waals surface area contributed by atoms with Gasteiger partial charge in [0, 0.05) is 19.0 Å². The minimum atomic E-state index is -3.67. The average molecular weight is 372 g/mol. The number of sulfonamides is 1. The Hall–Kier alpha value is -2.80. The summed E-state index contributed by atoms with van der Waals surface area (Å²) >= 11 is 0. The Balaban J connectivity index is 1.79. The summed E-state index contributed by atoms with van der Waals surface area (Å²) in [6, 6.07) is 14.1. The van der Waals surface area contributed by atoms with Gasteiger partial charge in [0.2, 0.25) is 5.91 Å². The molecule has 2 aromatic rings. The number of nitrogens with zero attached hydrogens (tertiary/aromatic N) is 1. The summed E-state index contributed by atoms with van der Waals surface area (Å²) in [5, 5.41) is 1.12. The number of nitrogens with one attached hydrogen (secondary N) is 1. The quantitative estimate of drug-likeness (QED) is 0.845. The Morgan fingerprint density at radius 2 is 1.92 bits per heavy atom. The van der Waals surface area contributed by atoms with E-state index < -0.39 is 10.0 Å². The summed E-state index contributed by atoms with van der Waals surface area (Å²) < 4.78 is 32.4. The lowest BCUT2D eigenvalue weighted by Crippen LogP contribution is -2.24. The molecule has 1 amide bonds. The van der Waals surface area contributed by atoms with Crippen LogP contribution in [0.5, 0.6) is 5.75 Å². The molecule has 1 heterocycles. The van der Waals surface area contributed by atoms with Gasteiger partial charge in [0.25, 0.3) is 10.0 Å². The maximum atomic E-state index is 12.3. The minimum Gasteiger partial charge on any atom is -0.494 e. The van der Waals surface area contributed by atoms with E-state index in [2.05, 4.69) is 4.72 Å². The fraction of sp³-hybridized carbons (Fsp3) is 0.211. The molecule has 0 bridgehead atoms. The standard InChI is InChI=1S/C19H20N2O4S/c1-25-18-14-16(9-10-17(18)21-12-5-8-19(21)22)20-26(23,24)13-11-15-6-3-2-4-7-15/h2-4,6-7,9-11,13-14,20H,5,8,12H2,1H3/b13-11+. The smallest absolute Gasteiger partial charge is 0.255 e. The molecule has 0 aliphatic carbocycles. The normalized spacial score (nSPS) is 14.8. The van der Waals surface area contributed by atoms with Gasteiger partial charge in [-0.1, -0.05) is 30.3 Å². The molecule has 1 fully saturated rings. The second-order valence-corrected chi connectivity index (χ2v) is 7.46. The van der Waals surface area contributed by atoms with Gasteiger partial charge in [-0.25, -0.2) is 8.42 Å². The van der Waals surface area contributed by atoms with E-state index in [-0.39, 0.29) is 5.91 Å². The van der Waals surface area contributed by atoms with Crippen molar-refractivity contribution in [2.45, 2.75) is 12.8 Å². The van der Waals surface area contributed by atoms with Crippen molar-refractivity contribution in [2.75, 3.05) is 23.3 Å². The number of ether oxygens (including phenoxy) is 1. The lowest BCUT2D eigenvalue weighted by Gasteiger charge is -2.19. The number of hydrogen-bond acceptors (Lipinski definition) is 4. The Labute approximate surface area is 153 Å². The van der Waals surface area contributed by atoms with Crippen LogP contribution in [0.1, 0.15) is 18.4 Å². The first-order valence-electron chi connectivity index (χ1n) is 8.23. The topological polar surface area (TPSA) is 75.7 Å². The van der Waals surface area contributed by atoms with Crippen LogP contribution in [0.2, 0.25) is 0 Å². The fourth-order valence-corrected chi connectivity index (χ4v) is 3.66. The summed E-state index contributed by atoms with van der Waals surface area (Å²) in [6.07, 6.45) is 2.85. The van der Waals surface area contributed by atoms with Crippen LogP contribution in [-0.2, 0) is 14.8 Å². The Kier molecular flexibility index (Phi) is 5.27. The number of carbonyl (C=O) groups is 1. The minimum absolute atomic E-state index is 0.0439. The van der Waals surface area contributed by atoms with Crippen LogP contribution in [0.15, 0.2) is 53.9 Å². The predicted octanol–water partition coefficient (Wildman–Crippen LogP) is 3.23. The van der Waals surface area contributed by atoms with Gasteiger partial charge in [-0.05, 0) is 30.2 Å². The molecular formula is C19H20N2O4S. The van der Waals surface area contributed by atoms with Crippen molar-refractivity contribution in [2.24, 2.45) is 0 Å². The number of benzene rings is 2. The van der Waals surface area contributed by atoms with Crippen molar-refractivity contribution in [3.8, 4) is 5.75 Å². The maximum Gasteiger partial charge on any atom is 0.255 e. The molecule has 0 spiro atoms. The molecule has 26 heavy (non-hydrogen) atoms. The SMILES string of the molecule is COc1cc(NS(=O)(=O)/C=C/c2ccccc2)ccc1N1CCCC1=O. The first-order valence-corrected chi connectivity index (χ1v) is 9.77. The van der Waals surface area contributed by atoms with E-state index in [1.807, 2.05) is 30.3 Å². The van der Waals surface area contributed by atoms with Crippen LogP contribution < -0.4 is 14.4 Å². The third-order valence-corrected chi connectivity index (χ3v) is 5.06. The molecule has 1 aliphatic heterocycles. The summed E-state index contributed by atoms with van der Waals surface area (Å²) in [6.45, 7) is 0.639. The van der Waals surface area contributed by atoms with Crippen molar-refractivity contribution in [3.05, 3.63) is 59.5 Å². The predicted molar refractivity (Wildman–Crippen MR) is 103 cm³/mol. The van der Waals surface area contributed by atoms with Gasteiger partial charge in [-0.3, -0.25) is 9.52 Å². The molecule has 1 saturated heterocycles. The van der Waals surface area contributed by atoms with E-state index in [0.29, 0.717) is 30.1 Å². The second kappa shape index (κ2) is 7.61. The number of hydrogen-bond donors (Lipinski definition) is 1. The summed E-state index contributed by atoms with van der Waals surface area (Å²) in [5.74, 6) is 0.495. The van der Waals surface area contributed by atoms with Crippen molar-refractivity contribution >= 4 is 33.4 Å². The molecule has 1 N–H and O–H groups in total. The van der Waals surface area contributed by atoms with Gasteiger partial charge in [-0.15, -0.1) is 0 Å². The summed E-state index contributed by atoms with van der Waals surface area (Å²) in [4.78, 5) is 13.6. The first kappa shape index (κ1) is 18.0. The van der Waals surface area contributed by atoms with Crippen LogP contribution in [0, 0.1) is 0 Å². The number of methoxy groups -OCH3 is 1. The van der Waals surface area contributed by atoms with E-state index in [1.54, 1.807) is 23.1 Å². The number of rotatable bonds is 6. The second-order valence-electron chi connectivity index (χ2n) is 5.90. The highest BCUT2D eigenvalue weighted by Crippen LogP contribution is 2.34. The molecule has 7 heteroatoms. The largest absolute Gasteiger partial charge is 0.494 e. The summed E-state index contributed by atoms with van der Waals surface area (Å²) in [7, 11) is -2.17. The van der Waals surface area contributed by atoms with Gasteiger partial charge < -0.3 is 9.64 Å². The van der Waals surface area contributed by atoms with Crippen LogP contribution in [0.4, 0.5) is 11.4 Å². The van der Waals surface area contributed by atoms with Crippen molar-refractivity contribution < 1.29 is 17.9 Å². The van der Waals surface area contributed by atoms with Crippen LogP contribution in [0.3, 0.4) is 0 Å². The van der Waals surface area contributed by atoms with Crippen molar-refractivity contribution in [3.63, 3.8) is 0 Å². The van der Waals surface area contributed by atoms with Crippen LogP contribution in [0.25, 0.3) is 6.08 Å². The van der Waals surface area contributed by atoms with Gasteiger partial charge in [0.1, 0.15) is 5.75 Å². The number of carbonyl (C=O) groups excluding carboxylic acids is 1. The monoisotopic (exact) mass is 372 g/mol. The molecule has 0 saturated carbocycles. The molecule has 0 unspecified atom stereocenters. The molecule has 3 rings (SSSR count). The van der Waals surface area contributed by atoms with Gasteiger partial charge in [0.15, 0.2) is 0 Å². The highest BCUT2D eigenvalue weighted by atomic mass is 32.2. The Bertz CT molecular complexity index is 924. The van der Waals surface area contributed by atoms with E-state index in [9.17, 15) is 13.2 Å². The Morgan fingerprint density at radius 1 is 1.15 bits per heavy atom. The van der Waals surface area contributed by atoms with Crippen molar-refractivity contribution in [1.82, 2.24) is 0 Å². The van der Waals surface area contributed by atoms with Crippen molar-refractivity contribution in [1.29, 1.82) is 0 Å². The molecule has 2 aromatic carbocycles. The van der Waals surface area contributed by atoms with Gasteiger partial charge >= 0.3 is 0 Å². The number of anilines is 2. The third-order valence-electron chi connectivity index (χ3n) is 4.04. The lowest BCUT2D eigenvalue weighted by molar-refractivity contribution is -0.117. The van der Waals surface area contributed by atoms with Crippen LogP contribution >= 0.6 is 0 Å². The fourth-order valence-electron chi connectivity index (χ4n) is 2.80. The first-order chi connectivity index (χ1) is 12.5. The number of amides is 1. The zero-order chi connectivity index (χ0) is 18.6. The molecular weight excluding hydrogens is 352 g/mol. The third kappa shape index (κ3) is 4.23. The van der Waals surface area contributed by atoms with E-state index in [4.69, 9.17) is 4.74 Å². The average Bonchev–Trinajstić information content (AvgIpc) is 3.06. The summed E-state index contributed by atoms with van der Waals surface area (Å²) in [5.41, 5.74) is 1.81. The van der Waals surface area contributed by atoms with E-state index >= 15 is 0 Å². The maximum absolute atomic E-state index is 12.3. The van der Waals surface area contributed by atoms with Crippen LogP contribution in [-0.4, -0.2) is 28.0 Å². The molecule has 6 nitrogen and oxygen atoms in total. The molecule has 136 valence electrons. The van der Waals surface area contributed by atoms with Gasteiger partial charge in [-0.2, -0.15) is 0 Å². The highest BCUT2D eigenvalue weighted by molar-refractivity contribution is 7.95. The van der Waals surface area contributed by atoms with E-state index in [1.165, 1.54) is 13.2 Å². The molecule has 0 atom stereocenters. The molecule has 0 aromatic heterocycles. The zero-order valence-corrected chi connectivity index (χ0v) is 15.2. The molecule has 1 aliphatic rings. The lowest BCUT2D eigenvalue weighted by atomic mass is 10.2. The highest BCUT2D eigenvalue weighted by Gasteiger charge is 2.24. The Morgan fingerprint density at radius 3 is 2.58 bits per heavy atom.